The average molecular weight is 275 g/mol. The van der Waals surface area contributed by atoms with Crippen molar-refractivity contribution in [3.63, 3.8) is 0 Å². The zero-order valence-corrected chi connectivity index (χ0v) is 11.5. The molecule has 0 aliphatic heterocycles. The number of Topliss-reactive ketones (excluding diaryl/α,β-unsaturated/α-hetero) is 1. The molecular weight excluding hydrogens is 260 g/mol. The van der Waals surface area contributed by atoms with E-state index in [1.165, 1.54) is 0 Å². The number of nitrogens with zero attached hydrogens (tertiary/aromatic N) is 2. The number of hydrogen-bond donors (Lipinski definition) is 0. The Morgan fingerprint density at radius 2 is 2.00 bits per heavy atom. The second kappa shape index (κ2) is 6.45. The fourth-order valence-corrected chi connectivity index (χ4v) is 1.96. The molecule has 2 rings (SSSR count). The lowest BCUT2D eigenvalue weighted by molar-refractivity contribution is 0.0943. The third-order valence-corrected chi connectivity index (χ3v) is 3.01. The van der Waals surface area contributed by atoms with Gasteiger partial charge in [-0.05, 0) is 42.9 Å². The van der Waals surface area contributed by atoms with Crippen molar-refractivity contribution in [2.24, 2.45) is 0 Å². The van der Waals surface area contributed by atoms with Crippen LogP contribution in [0.25, 0.3) is 0 Å². The first kappa shape index (κ1) is 13.7. The molecule has 0 unspecified atom stereocenters. The van der Waals surface area contributed by atoms with Gasteiger partial charge in [0.15, 0.2) is 5.78 Å². The second-order valence-corrected chi connectivity index (χ2v) is 4.90. The zero-order chi connectivity index (χ0) is 13.7. The van der Waals surface area contributed by atoms with Crippen molar-refractivity contribution in [2.75, 3.05) is 13.6 Å². The van der Waals surface area contributed by atoms with E-state index < -0.39 is 0 Å². The summed E-state index contributed by atoms with van der Waals surface area (Å²) in [5.74, 6) is 0.0862. The summed E-state index contributed by atoms with van der Waals surface area (Å²) in [5, 5.41) is 0.639. The molecule has 0 spiro atoms. The second-order valence-electron chi connectivity index (χ2n) is 4.46. The quantitative estimate of drug-likeness (QED) is 0.786. The van der Waals surface area contributed by atoms with Gasteiger partial charge < -0.3 is 0 Å². The number of carbonyl (C=O) groups is 1. The number of likely N-dealkylation sites (N-methyl/N-ethyl adjacent to an activating group) is 1. The van der Waals surface area contributed by atoms with Crippen molar-refractivity contribution in [2.45, 2.75) is 6.54 Å². The van der Waals surface area contributed by atoms with Gasteiger partial charge in [0.1, 0.15) is 0 Å². The normalized spacial score (nSPS) is 10.7. The molecule has 0 saturated carbocycles. The Kier molecular flexibility index (Phi) is 4.66. The van der Waals surface area contributed by atoms with Gasteiger partial charge in [0.05, 0.1) is 6.54 Å². The van der Waals surface area contributed by atoms with E-state index in [1.54, 1.807) is 30.5 Å². The number of rotatable bonds is 5. The average Bonchev–Trinajstić information content (AvgIpc) is 2.40. The number of benzene rings is 1. The molecule has 0 aliphatic rings. The van der Waals surface area contributed by atoms with Crippen molar-refractivity contribution in [3.05, 3.63) is 64.9 Å². The lowest BCUT2D eigenvalue weighted by Crippen LogP contribution is -2.25. The van der Waals surface area contributed by atoms with E-state index in [4.69, 9.17) is 11.6 Å². The van der Waals surface area contributed by atoms with Crippen molar-refractivity contribution in [1.82, 2.24) is 9.88 Å². The maximum Gasteiger partial charge on any atom is 0.176 e. The highest BCUT2D eigenvalue weighted by molar-refractivity contribution is 6.30. The molecule has 3 nitrogen and oxygen atoms in total. The smallest absolute Gasteiger partial charge is 0.176 e. The molecule has 98 valence electrons. The van der Waals surface area contributed by atoms with E-state index in [2.05, 4.69) is 4.98 Å². The lowest BCUT2D eigenvalue weighted by atomic mass is 10.1. The molecule has 19 heavy (non-hydrogen) atoms. The van der Waals surface area contributed by atoms with Crippen LogP contribution in [0.1, 0.15) is 15.9 Å². The van der Waals surface area contributed by atoms with E-state index in [0.717, 1.165) is 5.56 Å². The van der Waals surface area contributed by atoms with Gasteiger partial charge >= 0.3 is 0 Å². The highest BCUT2D eigenvalue weighted by Crippen LogP contribution is 2.10. The summed E-state index contributed by atoms with van der Waals surface area (Å²) in [6.45, 7) is 1.07. The van der Waals surface area contributed by atoms with E-state index in [1.807, 2.05) is 30.3 Å². The summed E-state index contributed by atoms with van der Waals surface area (Å²) in [6.07, 6.45) is 3.55. The van der Waals surface area contributed by atoms with Crippen LogP contribution >= 0.6 is 11.6 Å². The lowest BCUT2D eigenvalue weighted by Gasteiger charge is -2.15. The van der Waals surface area contributed by atoms with Crippen molar-refractivity contribution >= 4 is 17.4 Å². The van der Waals surface area contributed by atoms with Crippen LogP contribution in [0.4, 0.5) is 0 Å². The van der Waals surface area contributed by atoms with Crippen LogP contribution in [-0.4, -0.2) is 29.3 Å². The number of carbonyl (C=O) groups excluding carboxylic acids is 1. The third kappa shape index (κ3) is 4.16. The van der Waals surface area contributed by atoms with Crippen LogP contribution in [0.15, 0.2) is 48.8 Å². The standard InChI is InChI=1S/C15H15ClN2O/c1-18(10-12-3-2-8-17-9-12)11-15(19)13-4-6-14(16)7-5-13/h2-9H,10-11H2,1H3. The monoisotopic (exact) mass is 274 g/mol. The fraction of sp³-hybridized carbons (Fsp3) is 0.200. The van der Waals surface area contributed by atoms with Crippen LogP contribution in [0.3, 0.4) is 0 Å². The molecule has 2 aromatic rings. The molecule has 1 aromatic heterocycles. The van der Waals surface area contributed by atoms with E-state index in [-0.39, 0.29) is 5.78 Å². The van der Waals surface area contributed by atoms with Crippen LogP contribution in [0.2, 0.25) is 5.02 Å². The first-order chi connectivity index (χ1) is 9.15. The number of ketones is 1. The van der Waals surface area contributed by atoms with Gasteiger partial charge in [-0.3, -0.25) is 14.7 Å². The first-order valence-electron chi connectivity index (χ1n) is 6.01. The number of hydrogen-bond acceptors (Lipinski definition) is 3. The van der Waals surface area contributed by atoms with E-state index in [9.17, 15) is 4.79 Å². The summed E-state index contributed by atoms with van der Waals surface area (Å²) in [7, 11) is 1.92. The number of aromatic nitrogens is 1. The summed E-state index contributed by atoms with van der Waals surface area (Å²) >= 11 is 5.80. The van der Waals surface area contributed by atoms with Gasteiger partial charge in [-0.25, -0.2) is 0 Å². The Morgan fingerprint density at radius 3 is 2.63 bits per heavy atom. The Hall–Kier alpha value is -1.71. The van der Waals surface area contributed by atoms with E-state index >= 15 is 0 Å². The van der Waals surface area contributed by atoms with Crippen LogP contribution in [0.5, 0.6) is 0 Å². The predicted molar refractivity (Wildman–Crippen MR) is 76.4 cm³/mol. The van der Waals surface area contributed by atoms with E-state index in [0.29, 0.717) is 23.7 Å². The highest BCUT2D eigenvalue weighted by Gasteiger charge is 2.09. The van der Waals surface area contributed by atoms with Crippen LogP contribution in [0, 0.1) is 0 Å². The predicted octanol–water partition coefficient (Wildman–Crippen LogP) is 3.05. The summed E-state index contributed by atoms with van der Waals surface area (Å²) in [6, 6.07) is 10.9. The summed E-state index contributed by atoms with van der Waals surface area (Å²) in [4.78, 5) is 18.1. The molecule has 4 heteroatoms. The Labute approximate surface area is 117 Å². The Bertz CT molecular complexity index is 540. The fourth-order valence-electron chi connectivity index (χ4n) is 1.83. The van der Waals surface area contributed by atoms with Gasteiger partial charge in [0.2, 0.25) is 0 Å². The molecule has 0 bridgehead atoms. The molecule has 0 N–H and O–H groups in total. The van der Waals surface area contributed by atoms with Crippen molar-refractivity contribution < 1.29 is 4.79 Å². The number of halogens is 1. The molecule has 0 saturated heterocycles. The molecule has 0 atom stereocenters. The molecule has 1 aromatic carbocycles. The van der Waals surface area contributed by atoms with Crippen molar-refractivity contribution in [3.8, 4) is 0 Å². The largest absolute Gasteiger partial charge is 0.295 e. The van der Waals surface area contributed by atoms with Gasteiger partial charge in [0.25, 0.3) is 0 Å². The first-order valence-corrected chi connectivity index (χ1v) is 6.39. The van der Waals surface area contributed by atoms with Crippen molar-refractivity contribution in [1.29, 1.82) is 0 Å². The minimum atomic E-state index is 0.0862. The summed E-state index contributed by atoms with van der Waals surface area (Å²) in [5.41, 5.74) is 1.77. The minimum absolute atomic E-state index is 0.0862. The Morgan fingerprint density at radius 1 is 1.26 bits per heavy atom. The molecule has 0 aliphatic carbocycles. The molecule has 0 radical (unpaired) electrons. The molecule has 0 fully saturated rings. The van der Waals surface area contributed by atoms with Gasteiger partial charge in [-0.1, -0.05) is 17.7 Å². The van der Waals surface area contributed by atoms with Crippen LogP contribution in [-0.2, 0) is 6.54 Å². The maximum atomic E-state index is 12.1. The SMILES string of the molecule is CN(CC(=O)c1ccc(Cl)cc1)Cc1cccnc1. The number of pyridine rings is 1. The van der Waals surface area contributed by atoms with Gasteiger partial charge in [0, 0.05) is 29.5 Å². The zero-order valence-electron chi connectivity index (χ0n) is 10.7. The van der Waals surface area contributed by atoms with Gasteiger partial charge in [-0.2, -0.15) is 0 Å². The summed E-state index contributed by atoms with van der Waals surface area (Å²) < 4.78 is 0. The third-order valence-electron chi connectivity index (χ3n) is 2.76. The van der Waals surface area contributed by atoms with Gasteiger partial charge in [-0.15, -0.1) is 0 Å². The molecule has 0 amide bonds. The minimum Gasteiger partial charge on any atom is -0.295 e. The molecule has 1 heterocycles. The van der Waals surface area contributed by atoms with Crippen LogP contribution < -0.4 is 0 Å². The topological polar surface area (TPSA) is 33.2 Å². The highest BCUT2D eigenvalue weighted by atomic mass is 35.5. The Balaban J connectivity index is 1.93. The molecular formula is C15H15ClN2O. The maximum absolute atomic E-state index is 12.1.